The van der Waals surface area contributed by atoms with E-state index < -0.39 is 0 Å². The highest BCUT2D eigenvalue weighted by Gasteiger charge is 2.23. The molecule has 17 heavy (non-hydrogen) atoms. The van der Waals surface area contributed by atoms with E-state index in [2.05, 4.69) is 24.1 Å². The first kappa shape index (κ1) is 13.7. The summed E-state index contributed by atoms with van der Waals surface area (Å²) >= 11 is 2.21. The Morgan fingerprint density at radius 2 is 1.65 bits per heavy atom. The van der Waals surface area contributed by atoms with Crippen molar-refractivity contribution in [1.29, 1.82) is 0 Å². The molecule has 100 valence electrons. The van der Waals surface area contributed by atoms with Crippen LogP contribution < -0.4 is 5.32 Å². The topological polar surface area (TPSA) is 12.0 Å². The van der Waals surface area contributed by atoms with Crippen LogP contribution in [-0.4, -0.2) is 24.6 Å². The standard InChI is InChI=1S/C15H29NS/c1-16-15(14-9-3-2-4-10-14)12-17-11-13-7-5-6-8-13/h13-16H,2-12H2,1H3. The van der Waals surface area contributed by atoms with Gasteiger partial charge in [0, 0.05) is 11.8 Å². The second-order valence-electron chi connectivity index (χ2n) is 5.98. The Hall–Kier alpha value is 0.310. The lowest BCUT2D eigenvalue weighted by Gasteiger charge is -2.30. The Labute approximate surface area is 112 Å². The van der Waals surface area contributed by atoms with Gasteiger partial charge in [-0.2, -0.15) is 11.8 Å². The molecule has 0 heterocycles. The van der Waals surface area contributed by atoms with Crippen LogP contribution in [0.5, 0.6) is 0 Å². The van der Waals surface area contributed by atoms with Crippen molar-refractivity contribution in [2.75, 3.05) is 18.6 Å². The molecule has 0 saturated heterocycles. The molecule has 2 saturated carbocycles. The Bertz CT molecular complexity index is 195. The molecule has 0 bridgehead atoms. The summed E-state index contributed by atoms with van der Waals surface area (Å²) in [5, 5.41) is 3.58. The Morgan fingerprint density at radius 3 is 2.29 bits per heavy atom. The van der Waals surface area contributed by atoms with Crippen molar-refractivity contribution in [2.24, 2.45) is 11.8 Å². The van der Waals surface area contributed by atoms with Crippen LogP contribution in [0.15, 0.2) is 0 Å². The van der Waals surface area contributed by atoms with Crippen molar-refractivity contribution in [3.05, 3.63) is 0 Å². The normalized spacial score (nSPS) is 25.2. The molecule has 2 aliphatic carbocycles. The van der Waals surface area contributed by atoms with Gasteiger partial charge in [0.2, 0.25) is 0 Å². The maximum atomic E-state index is 3.58. The summed E-state index contributed by atoms with van der Waals surface area (Å²) in [4.78, 5) is 0. The van der Waals surface area contributed by atoms with E-state index >= 15 is 0 Å². The third-order valence-electron chi connectivity index (χ3n) is 4.72. The molecule has 0 aliphatic heterocycles. The van der Waals surface area contributed by atoms with Crippen LogP contribution in [0.25, 0.3) is 0 Å². The van der Waals surface area contributed by atoms with Gasteiger partial charge in [0.15, 0.2) is 0 Å². The lowest BCUT2D eigenvalue weighted by atomic mass is 9.84. The van der Waals surface area contributed by atoms with Gasteiger partial charge in [-0.25, -0.2) is 0 Å². The molecule has 1 nitrogen and oxygen atoms in total. The van der Waals surface area contributed by atoms with Gasteiger partial charge >= 0.3 is 0 Å². The van der Waals surface area contributed by atoms with Gasteiger partial charge in [-0.1, -0.05) is 32.1 Å². The molecular formula is C15H29NS. The Balaban J connectivity index is 1.63. The molecule has 0 aromatic carbocycles. The maximum absolute atomic E-state index is 3.58. The SMILES string of the molecule is CNC(CSCC1CCCC1)C1CCCCC1. The zero-order chi connectivity index (χ0) is 11.9. The highest BCUT2D eigenvalue weighted by molar-refractivity contribution is 7.99. The largest absolute Gasteiger partial charge is 0.316 e. The van der Waals surface area contributed by atoms with Crippen LogP contribution in [0.2, 0.25) is 0 Å². The number of thioether (sulfide) groups is 1. The molecule has 2 aliphatic rings. The minimum atomic E-state index is 0.779. The highest BCUT2D eigenvalue weighted by atomic mass is 32.2. The van der Waals surface area contributed by atoms with Gasteiger partial charge in [0.25, 0.3) is 0 Å². The minimum Gasteiger partial charge on any atom is -0.316 e. The summed E-state index contributed by atoms with van der Waals surface area (Å²) in [6.07, 6.45) is 13.3. The van der Waals surface area contributed by atoms with Crippen molar-refractivity contribution in [3.8, 4) is 0 Å². The predicted octanol–water partition coefficient (Wildman–Crippen LogP) is 4.08. The number of hydrogen-bond acceptors (Lipinski definition) is 2. The molecule has 2 heteroatoms. The molecule has 1 atom stereocenters. The van der Waals surface area contributed by atoms with Crippen LogP contribution in [0.4, 0.5) is 0 Å². The van der Waals surface area contributed by atoms with E-state index in [0.717, 1.165) is 17.9 Å². The first-order valence-corrected chi connectivity index (χ1v) is 8.80. The lowest BCUT2D eigenvalue weighted by Crippen LogP contribution is -2.37. The van der Waals surface area contributed by atoms with E-state index in [0.29, 0.717) is 0 Å². The molecule has 0 spiro atoms. The Morgan fingerprint density at radius 1 is 1.00 bits per heavy atom. The van der Waals surface area contributed by atoms with Crippen molar-refractivity contribution in [2.45, 2.75) is 63.8 Å². The lowest BCUT2D eigenvalue weighted by molar-refractivity contribution is 0.294. The third-order valence-corrected chi connectivity index (χ3v) is 6.02. The zero-order valence-electron chi connectivity index (χ0n) is 11.4. The summed E-state index contributed by atoms with van der Waals surface area (Å²) in [6.45, 7) is 0. The fourth-order valence-electron chi connectivity index (χ4n) is 3.53. The fraction of sp³-hybridized carbons (Fsp3) is 1.00. The van der Waals surface area contributed by atoms with Gasteiger partial charge in [-0.05, 0) is 50.3 Å². The second kappa shape index (κ2) is 7.68. The summed E-state index contributed by atoms with van der Waals surface area (Å²) in [5.41, 5.74) is 0. The van der Waals surface area contributed by atoms with Crippen LogP contribution in [0, 0.1) is 11.8 Å². The Kier molecular flexibility index (Phi) is 6.21. The molecule has 0 radical (unpaired) electrons. The molecule has 2 rings (SSSR count). The third kappa shape index (κ3) is 4.48. The van der Waals surface area contributed by atoms with Crippen molar-refractivity contribution >= 4 is 11.8 Å². The summed E-state index contributed by atoms with van der Waals surface area (Å²) in [7, 11) is 2.16. The van der Waals surface area contributed by atoms with Gasteiger partial charge in [0.05, 0.1) is 0 Å². The van der Waals surface area contributed by atoms with Gasteiger partial charge in [0.1, 0.15) is 0 Å². The van der Waals surface area contributed by atoms with E-state index in [4.69, 9.17) is 0 Å². The van der Waals surface area contributed by atoms with E-state index in [1.54, 1.807) is 0 Å². The van der Waals surface area contributed by atoms with Gasteiger partial charge in [-0.15, -0.1) is 0 Å². The number of hydrogen-bond donors (Lipinski definition) is 1. The summed E-state index contributed by atoms with van der Waals surface area (Å²) < 4.78 is 0. The average Bonchev–Trinajstić information content (AvgIpc) is 2.89. The zero-order valence-corrected chi connectivity index (χ0v) is 12.2. The van der Waals surface area contributed by atoms with Crippen LogP contribution in [0.1, 0.15) is 57.8 Å². The molecule has 1 unspecified atom stereocenters. The molecule has 0 amide bonds. The van der Waals surface area contributed by atoms with Gasteiger partial charge in [-0.3, -0.25) is 0 Å². The molecule has 2 fully saturated rings. The molecule has 0 aromatic heterocycles. The fourth-order valence-corrected chi connectivity index (χ4v) is 5.03. The van der Waals surface area contributed by atoms with Crippen molar-refractivity contribution < 1.29 is 0 Å². The van der Waals surface area contributed by atoms with E-state index in [1.165, 1.54) is 69.3 Å². The first-order chi connectivity index (χ1) is 8.40. The molecular weight excluding hydrogens is 226 g/mol. The molecule has 0 aromatic rings. The number of nitrogens with one attached hydrogen (secondary N) is 1. The molecule has 1 N–H and O–H groups in total. The minimum absolute atomic E-state index is 0.779. The van der Waals surface area contributed by atoms with Gasteiger partial charge < -0.3 is 5.32 Å². The quantitative estimate of drug-likeness (QED) is 0.767. The average molecular weight is 255 g/mol. The van der Waals surface area contributed by atoms with E-state index in [9.17, 15) is 0 Å². The summed E-state index contributed by atoms with van der Waals surface area (Å²) in [6, 6.07) is 0.779. The second-order valence-corrected chi connectivity index (χ2v) is 7.06. The number of rotatable bonds is 6. The van der Waals surface area contributed by atoms with E-state index in [-0.39, 0.29) is 0 Å². The van der Waals surface area contributed by atoms with Crippen LogP contribution >= 0.6 is 11.8 Å². The first-order valence-electron chi connectivity index (χ1n) is 7.65. The van der Waals surface area contributed by atoms with E-state index in [1.807, 2.05) is 0 Å². The van der Waals surface area contributed by atoms with Crippen molar-refractivity contribution in [1.82, 2.24) is 5.32 Å². The predicted molar refractivity (Wildman–Crippen MR) is 78.7 cm³/mol. The van der Waals surface area contributed by atoms with Crippen LogP contribution in [-0.2, 0) is 0 Å². The highest BCUT2D eigenvalue weighted by Crippen LogP contribution is 2.31. The maximum Gasteiger partial charge on any atom is 0.0183 e. The summed E-state index contributed by atoms with van der Waals surface area (Å²) in [5.74, 6) is 4.77. The smallest absolute Gasteiger partial charge is 0.0183 e. The van der Waals surface area contributed by atoms with Crippen LogP contribution in [0.3, 0.4) is 0 Å². The van der Waals surface area contributed by atoms with Crippen molar-refractivity contribution in [3.63, 3.8) is 0 Å². The monoisotopic (exact) mass is 255 g/mol.